The Morgan fingerprint density at radius 2 is 1.67 bits per heavy atom. The molecule has 1 aliphatic carbocycles. The van der Waals surface area contributed by atoms with Crippen molar-refractivity contribution in [3.05, 3.63) is 34.9 Å². The van der Waals surface area contributed by atoms with Crippen molar-refractivity contribution in [3.8, 4) is 0 Å². The van der Waals surface area contributed by atoms with E-state index in [2.05, 4.69) is 5.32 Å². The van der Waals surface area contributed by atoms with Crippen molar-refractivity contribution < 1.29 is 19.2 Å². The minimum Gasteiger partial charge on any atom is -0.355 e. The molecule has 1 amide bonds. The van der Waals surface area contributed by atoms with Gasteiger partial charge in [-0.2, -0.15) is 0 Å². The Hall–Kier alpha value is -2.38. The van der Waals surface area contributed by atoms with E-state index in [9.17, 15) is 19.2 Å². The molecule has 2 rings (SSSR count). The lowest BCUT2D eigenvalue weighted by Gasteiger charge is -2.28. The summed E-state index contributed by atoms with van der Waals surface area (Å²) in [6.45, 7) is 1.06. The van der Waals surface area contributed by atoms with E-state index in [-0.39, 0.29) is 11.7 Å². The Labute approximate surface area is 178 Å². The van der Waals surface area contributed by atoms with Gasteiger partial charge in [-0.25, -0.2) is 0 Å². The molecule has 0 spiro atoms. The zero-order valence-electron chi connectivity index (χ0n) is 17.5. The fourth-order valence-electron chi connectivity index (χ4n) is 4.30. The van der Waals surface area contributed by atoms with Crippen LogP contribution in [0.2, 0.25) is 0 Å². The van der Waals surface area contributed by atoms with E-state index in [0.717, 1.165) is 38.5 Å². The third-order valence-corrected chi connectivity index (χ3v) is 5.99. The summed E-state index contributed by atoms with van der Waals surface area (Å²) in [6, 6.07) is 4.06. The van der Waals surface area contributed by atoms with Gasteiger partial charge in [-0.3, -0.25) is 19.2 Å². The molecular formula is C23H33N3O4. The second-order valence-corrected chi connectivity index (χ2v) is 8.23. The monoisotopic (exact) mass is 415 g/mol. The number of hydrogen-bond acceptors (Lipinski definition) is 6. The molecule has 5 N–H and O–H groups in total. The van der Waals surface area contributed by atoms with Crippen LogP contribution in [0, 0.1) is 5.41 Å². The highest BCUT2D eigenvalue weighted by Crippen LogP contribution is 2.44. The minimum atomic E-state index is -0.536. The van der Waals surface area contributed by atoms with Crippen LogP contribution in [0.5, 0.6) is 0 Å². The SMILES string of the molecule is NCCCCC(N)C(=O)NCCCC1(C(=O)c2cc(C=O)cc(C=O)c2)CCCC1. The smallest absolute Gasteiger partial charge is 0.236 e. The maximum atomic E-state index is 13.3. The molecule has 0 saturated heterocycles. The number of benzene rings is 1. The van der Waals surface area contributed by atoms with Crippen LogP contribution in [-0.2, 0) is 4.79 Å². The lowest BCUT2D eigenvalue weighted by atomic mass is 9.75. The number of hydrogen-bond donors (Lipinski definition) is 3. The lowest BCUT2D eigenvalue weighted by molar-refractivity contribution is -0.122. The van der Waals surface area contributed by atoms with Crippen molar-refractivity contribution in [3.63, 3.8) is 0 Å². The molecule has 1 aliphatic rings. The highest BCUT2D eigenvalue weighted by molar-refractivity contribution is 6.03. The highest BCUT2D eigenvalue weighted by atomic mass is 16.2. The zero-order chi connectivity index (χ0) is 22.0. The van der Waals surface area contributed by atoms with E-state index in [1.54, 1.807) is 12.1 Å². The molecule has 7 nitrogen and oxygen atoms in total. The number of Topliss-reactive ketones (excluding diaryl/α,β-unsaturated/α-hetero) is 1. The molecule has 0 heterocycles. The predicted octanol–water partition coefficient (Wildman–Crippen LogP) is 2.41. The minimum absolute atomic E-state index is 0.0170. The van der Waals surface area contributed by atoms with Gasteiger partial charge in [0.05, 0.1) is 6.04 Å². The first-order chi connectivity index (χ1) is 14.5. The Morgan fingerprint density at radius 1 is 1.03 bits per heavy atom. The van der Waals surface area contributed by atoms with E-state index in [4.69, 9.17) is 11.5 Å². The number of ketones is 1. The van der Waals surface area contributed by atoms with Gasteiger partial charge in [0.2, 0.25) is 5.91 Å². The summed E-state index contributed by atoms with van der Waals surface area (Å²) in [5.74, 6) is -0.190. The Kier molecular flexibility index (Phi) is 9.33. The maximum Gasteiger partial charge on any atom is 0.236 e. The molecule has 1 aromatic rings. The molecule has 0 bridgehead atoms. The van der Waals surface area contributed by atoms with Crippen LogP contribution in [0.15, 0.2) is 18.2 Å². The number of nitrogens with one attached hydrogen (secondary N) is 1. The van der Waals surface area contributed by atoms with Gasteiger partial charge in [0, 0.05) is 28.7 Å². The van der Waals surface area contributed by atoms with Gasteiger partial charge in [-0.1, -0.05) is 19.3 Å². The molecule has 1 fully saturated rings. The van der Waals surface area contributed by atoms with Crippen LogP contribution < -0.4 is 16.8 Å². The van der Waals surface area contributed by atoms with Gasteiger partial charge in [-0.05, 0) is 63.3 Å². The quantitative estimate of drug-likeness (QED) is 0.257. The lowest BCUT2D eigenvalue weighted by Crippen LogP contribution is -2.41. The van der Waals surface area contributed by atoms with Crippen LogP contribution in [0.3, 0.4) is 0 Å². The average molecular weight is 416 g/mol. The number of nitrogens with two attached hydrogens (primary N) is 2. The molecule has 1 saturated carbocycles. The van der Waals surface area contributed by atoms with Crippen LogP contribution in [0.1, 0.15) is 88.9 Å². The summed E-state index contributed by atoms with van der Waals surface area (Å²) in [5, 5.41) is 2.87. The van der Waals surface area contributed by atoms with Crippen molar-refractivity contribution in [1.82, 2.24) is 5.32 Å². The van der Waals surface area contributed by atoms with Crippen molar-refractivity contribution in [1.29, 1.82) is 0 Å². The van der Waals surface area contributed by atoms with E-state index < -0.39 is 11.5 Å². The summed E-state index contributed by atoms with van der Waals surface area (Å²) in [7, 11) is 0. The summed E-state index contributed by atoms with van der Waals surface area (Å²) >= 11 is 0. The summed E-state index contributed by atoms with van der Waals surface area (Å²) < 4.78 is 0. The Bertz CT molecular complexity index is 731. The van der Waals surface area contributed by atoms with Crippen molar-refractivity contribution in [2.45, 2.75) is 63.8 Å². The Balaban J connectivity index is 1.97. The molecule has 1 atom stereocenters. The number of rotatable bonds is 13. The number of carbonyl (C=O) groups is 4. The van der Waals surface area contributed by atoms with Crippen molar-refractivity contribution in [2.75, 3.05) is 13.1 Å². The first-order valence-corrected chi connectivity index (χ1v) is 10.8. The van der Waals surface area contributed by atoms with Gasteiger partial charge < -0.3 is 16.8 Å². The molecule has 30 heavy (non-hydrogen) atoms. The topological polar surface area (TPSA) is 132 Å². The molecule has 1 aromatic carbocycles. The molecule has 164 valence electrons. The first kappa shape index (κ1) is 23.9. The second-order valence-electron chi connectivity index (χ2n) is 8.23. The highest BCUT2D eigenvalue weighted by Gasteiger charge is 2.40. The van der Waals surface area contributed by atoms with Crippen molar-refractivity contribution in [2.24, 2.45) is 16.9 Å². The van der Waals surface area contributed by atoms with Gasteiger partial charge in [0.1, 0.15) is 12.6 Å². The molecule has 7 heteroatoms. The largest absolute Gasteiger partial charge is 0.355 e. The van der Waals surface area contributed by atoms with Gasteiger partial charge in [0.25, 0.3) is 0 Å². The number of amides is 1. The third kappa shape index (κ3) is 6.31. The zero-order valence-corrected chi connectivity index (χ0v) is 17.5. The van der Waals surface area contributed by atoms with Gasteiger partial charge in [-0.15, -0.1) is 0 Å². The summed E-state index contributed by atoms with van der Waals surface area (Å²) in [4.78, 5) is 47.8. The van der Waals surface area contributed by atoms with Gasteiger partial charge >= 0.3 is 0 Å². The molecule has 1 unspecified atom stereocenters. The normalized spacial score (nSPS) is 16.1. The number of carbonyl (C=O) groups excluding carboxylic acids is 4. The average Bonchev–Trinajstić information content (AvgIpc) is 3.25. The maximum absolute atomic E-state index is 13.3. The Morgan fingerprint density at radius 3 is 2.23 bits per heavy atom. The van der Waals surface area contributed by atoms with E-state index in [1.807, 2.05) is 0 Å². The van der Waals surface area contributed by atoms with Gasteiger partial charge in [0.15, 0.2) is 5.78 Å². The molecule has 0 aromatic heterocycles. The fraction of sp³-hybridized carbons (Fsp3) is 0.565. The van der Waals surface area contributed by atoms with Crippen molar-refractivity contribution >= 4 is 24.3 Å². The summed E-state index contributed by atoms with van der Waals surface area (Å²) in [5.41, 5.74) is 11.9. The molecule has 0 aliphatic heterocycles. The first-order valence-electron chi connectivity index (χ1n) is 10.8. The summed E-state index contributed by atoms with van der Waals surface area (Å²) in [6.07, 6.45) is 8.40. The second kappa shape index (κ2) is 11.7. The third-order valence-electron chi connectivity index (χ3n) is 5.99. The van der Waals surface area contributed by atoms with Crippen LogP contribution in [0.4, 0.5) is 0 Å². The van der Waals surface area contributed by atoms with E-state index in [1.165, 1.54) is 6.07 Å². The molecular weight excluding hydrogens is 382 g/mol. The standard InChI is InChI=1S/C23H33N3O4/c24-10-4-1-6-20(25)22(30)26-11-5-9-23(7-2-3-8-23)21(29)19-13-17(15-27)12-18(14-19)16-28/h12-16,20H,1-11,24-25H2,(H,26,30). The fourth-order valence-corrected chi connectivity index (χ4v) is 4.30. The van der Waals surface area contributed by atoms with E-state index >= 15 is 0 Å². The van der Waals surface area contributed by atoms with Crippen LogP contribution in [0.25, 0.3) is 0 Å². The van der Waals surface area contributed by atoms with Crippen LogP contribution in [-0.4, -0.2) is 43.4 Å². The van der Waals surface area contributed by atoms with E-state index in [0.29, 0.717) is 61.6 Å². The molecule has 0 radical (unpaired) electrons. The number of aldehydes is 2. The van der Waals surface area contributed by atoms with Crippen LogP contribution >= 0.6 is 0 Å². The predicted molar refractivity (Wildman–Crippen MR) is 116 cm³/mol. The number of unbranched alkanes of at least 4 members (excludes halogenated alkanes) is 1.